The molecular formula is C17H26O. The summed E-state index contributed by atoms with van der Waals surface area (Å²) in [5.74, 6) is 0.719. The van der Waals surface area contributed by atoms with E-state index >= 15 is 0 Å². The van der Waals surface area contributed by atoms with Crippen LogP contribution in [0.2, 0.25) is 0 Å². The van der Waals surface area contributed by atoms with Gasteiger partial charge in [-0.1, -0.05) is 62.4 Å². The summed E-state index contributed by atoms with van der Waals surface area (Å²) >= 11 is 0. The van der Waals surface area contributed by atoms with E-state index in [9.17, 15) is 4.79 Å². The fourth-order valence-corrected chi connectivity index (χ4v) is 2.39. The van der Waals surface area contributed by atoms with Gasteiger partial charge in [-0.25, -0.2) is 0 Å². The van der Waals surface area contributed by atoms with E-state index in [-0.39, 0.29) is 0 Å². The van der Waals surface area contributed by atoms with Crippen LogP contribution in [-0.2, 0) is 4.79 Å². The topological polar surface area (TPSA) is 17.1 Å². The highest BCUT2D eigenvalue weighted by atomic mass is 16.1. The summed E-state index contributed by atoms with van der Waals surface area (Å²) < 4.78 is 0. The molecule has 0 spiro atoms. The summed E-state index contributed by atoms with van der Waals surface area (Å²) in [5, 5.41) is 0. The molecule has 0 radical (unpaired) electrons. The number of Topliss-reactive ketones (excluding diaryl/α,β-unsaturated/α-hetero) is 1. The Morgan fingerprint density at radius 3 is 2.33 bits per heavy atom. The van der Waals surface area contributed by atoms with Crippen molar-refractivity contribution in [2.45, 2.75) is 65.2 Å². The van der Waals surface area contributed by atoms with Crippen LogP contribution >= 0.6 is 0 Å². The van der Waals surface area contributed by atoms with Gasteiger partial charge in [0.1, 0.15) is 5.78 Å². The lowest BCUT2D eigenvalue weighted by Gasteiger charge is -2.16. The third-order valence-electron chi connectivity index (χ3n) is 3.49. The number of unbranched alkanes of at least 4 members (excludes halogenated alkanes) is 3. The van der Waals surface area contributed by atoms with E-state index in [1.54, 1.807) is 6.92 Å². The molecule has 1 aromatic carbocycles. The Kier molecular flexibility index (Phi) is 6.70. The molecule has 0 saturated heterocycles. The number of rotatable bonds is 8. The van der Waals surface area contributed by atoms with Crippen LogP contribution in [0.3, 0.4) is 0 Å². The number of carbonyl (C=O) groups is 1. The van der Waals surface area contributed by atoms with Crippen molar-refractivity contribution in [2.24, 2.45) is 0 Å². The zero-order valence-corrected chi connectivity index (χ0v) is 12.0. The second kappa shape index (κ2) is 8.07. The van der Waals surface area contributed by atoms with Gasteiger partial charge in [-0.3, -0.25) is 0 Å². The Morgan fingerprint density at radius 2 is 1.78 bits per heavy atom. The Hall–Kier alpha value is -1.11. The van der Waals surface area contributed by atoms with Crippen LogP contribution in [0.1, 0.15) is 69.4 Å². The van der Waals surface area contributed by atoms with Crippen molar-refractivity contribution in [3.63, 3.8) is 0 Å². The van der Waals surface area contributed by atoms with Gasteiger partial charge < -0.3 is 4.79 Å². The molecule has 0 aliphatic rings. The first-order valence-electron chi connectivity index (χ1n) is 7.19. The molecule has 100 valence electrons. The molecule has 0 bridgehead atoms. The molecule has 0 unspecified atom stereocenters. The van der Waals surface area contributed by atoms with Crippen molar-refractivity contribution >= 4 is 5.78 Å². The van der Waals surface area contributed by atoms with Crippen LogP contribution in [0.5, 0.6) is 0 Å². The van der Waals surface area contributed by atoms with Crippen LogP contribution in [0, 0.1) is 6.92 Å². The molecule has 1 heteroatoms. The molecule has 0 aliphatic heterocycles. The van der Waals surface area contributed by atoms with Crippen LogP contribution in [0.4, 0.5) is 0 Å². The molecule has 0 N–H and O–H groups in total. The molecule has 1 aromatic rings. The van der Waals surface area contributed by atoms with Gasteiger partial charge in [0.2, 0.25) is 0 Å². The monoisotopic (exact) mass is 246 g/mol. The predicted octanol–water partition coefficient (Wildman–Crippen LogP) is 5.03. The third-order valence-corrected chi connectivity index (χ3v) is 3.49. The predicted molar refractivity (Wildman–Crippen MR) is 78.0 cm³/mol. The second-order valence-electron chi connectivity index (χ2n) is 5.36. The maximum atomic E-state index is 11.4. The third kappa shape index (κ3) is 5.48. The molecule has 0 amide bonds. The fourth-order valence-electron chi connectivity index (χ4n) is 2.39. The summed E-state index contributed by atoms with van der Waals surface area (Å²) in [5.41, 5.74) is 2.61. The summed E-state index contributed by atoms with van der Waals surface area (Å²) in [4.78, 5) is 11.4. The van der Waals surface area contributed by atoms with Gasteiger partial charge in [0.05, 0.1) is 0 Å². The molecule has 18 heavy (non-hydrogen) atoms. The Balaban J connectivity index is 2.59. The summed E-state index contributed by atoms with van der Waals surface area (Å²) in [6.45, 7) is 6.03. The lowest BCUT2D eigenvalue weighted by molar-refractivity contribution is -0.117. The molecule has 1 nitrogen and oxygen atoms in total. The van der Waals surface area contributed by atoms with E-state index in [1.165, 1.54) is 36.8 Å². The van der Waals surface area contributed by atoms with Crippen molar-refractivity contribution in [1.29, 1.82) is 0 Å². The normalized spacial score (nSPS) is 12.4. The van der Waals surface area contributed by atoms with E-state index < -0.39 is 0 Å². The highest BCUT2D eigenvalue weighted by Gasteiger charge is 2.13. The Morgan fingerprint density at radius 1 is 1.11 bits per heavy atom. The molecule has 0 heterocycles. The average molecular weight is 246 g/mol. The van der Waals surface area contributed by atoms with Gasteiger partial charge in [0.25, 0.3) is 0 Å². The maximum Gasteiger partial charge on any atom is 0.130 e. The van der Waals surface area contributed by atoms with E-state index in [2.05, 4.69) is 38.1 Å². The smallest absolute Gasteiger partial charge is 0.130 e. The van der Waals surface area contributed by atoms with Gasteiger partial charge >= 0.3 is 0 Å². The van der Waals surface area contributed by atoms with Crippen molar-refractivity contribution in [1.82, 2.24) is 0 Å². The van der Waals surface area contributed by atoms with Crippen LogP contribution in [0.25, 0.3) is 0 Å². The molecule has 1 atom stereocenters. The van der Waals surface area contributed by atoms with E-state index in [4.69, 9.17) is 0 Å². The molecule has 1 rings (SSSR count). The first-order valence-corrected chi connectivity index (χ1v) is 7.19. The van der Waals surface area contributed by atoms with Crippen LogP contribution in [-0.4, -0.2) is 5.78 Å². The summed E-state index contributed by atoms with van der Waals surface area (Å²) in [7, 11) is 0. The van der Waals surface area contributed by atoms with Gasteiger partial charge in [-0.05, 0) is 31.7 Å². The SMILES string of the molecule is CCCCCC[C@H](CC(C)=O)c1ccc(C)cc1. The largest absolute Gasteiger partial charge is 0.300 e. The van der Waals surface area contributed by atoms with Gasteiger partial charge in [-0.2, -0.15) is 0 Å². The minimum Gasteiger partial charge on any atom is -0.300 e. The molecular weight excluding hydrogens is 220 g/mol. The van der Waals surface area contributed by atoms with Crippen LogP contribution < -0.4 is 0 Å². The van der Waals surface area contributed by atoms with Crippen molar-refractivity contribution in [3.8, 4) is 0 Å². The lowest BCUT2D eigenvalue weighted by atomic mass is 9.88. The molecule has 0 saturated carbocycles. The molecule has 0 aliphatic carbocycles. The number of hydrogen-bond donors (Lipinski definition) is 0. The number of aryl methyl sites for hydroxylation is 1. The Labute approximate surface area is 112 Å². The van der Waals surface area contributed by atoms with E-state index in [0.29, 0.717) is 18.1 Å². The van der Waals surface area contributed by atoms with Gasteiger partial charge in [0.15, 0.2) is 0 Å². The first-order chi connectivity index (χ1) is 8.63. The Bertz CT molecular complexity index is 350. The van der Waals surface area contributed by atoms with E-state index in [1.807, 2.05) is 0 Å². The lowest BCUT2D eigenvalue weighted by Crippen LogP contribution is -2.04. The highest BCUT2D eigenvalue weighted by molar-refractivity contribution is 5.76. The van der Waals surface area contributed by atoms with Crippen molar-refractivity contribution in [2.75, 3.05) is 0 Å². The standard InChI is InChI=1S/C17H26O/c1-4-5-6-7-8-17(13-15(3)18)16-11-9-14(2)10-12-16/h9-12,17H,4-8,13H2,1-3H3/t17-/m1/s1. The number of ketones is 1. The number of hydrogen-bond acceptors (Lipinski definition) is 1. The van der Waals surface area contributed by atoms with E-state index in [0.717, 1.165) is 6.42 Å². The van der Waals surface area contributed by atoms with Crippen LogP contribution in [0.15, 0.2) is 24.3 Å². The molecule has 0 aromatic heterocycles. The fraction of sp³-hybridized carbons (Fsp3) is 0.588. The minimum absolute atomic E-state index is 0.302. The second-order valence-corrected chi connectivity index (χ2v) is 5.36. The maximum absolute atomic E-state index is 11.4. The summed E-state index contributed by atoms with van der Waals surface area (Å²) in [6.07, 6.45) is 6.93. The van der Waals surface area contributed by atoms with Gasteiger partial charge in [0, 0.05) is 6.42 Å². The molecule has 0 fully saturated rings. The quantitative estimate of drug-likeness (QED) is 0.588. The first kappa shape index (κ1) is 14.9. The zero-order valence-electron chi connectivity index (χ0n) is 12.0. The highest BCUT2D eigenvalue weighted by Crippen LogP contribution is 2.26. The average Bonchev–Trinajstić information content (AvgIpc) is 2.34. The number of benzene rings is 1. The zero-order chi connectivity index (χ0) is 13.4. The minimum atomic E-state index is 0.302. The van der Waals surface area contributed by atoms with Crippen molar-refractivity contribution in [3.05, 3.63) is 35.4 Å². The number of carbonyl (C=O) groups excluding carboxylic acids is 1. The van der Waals surface area contributed by atoms with Gasteiger partial charge in [-0.15, -0.1) is 0 Å². The summed E-state index contributed by atoms with van der Waals surface area (Å²) in [6, 6.07) is 8.66. The van der Waals surface area contributed by atoms with Crippen molar-refractivity contribution < 1.29 is 4.79 Å².